The molecule has 8 heteroatoms. The van der Waals surface area contributed by atoms with E-state index in [4.69, 9.17) is 9.47 Å². The van der Waals surface area contributed by atoms with Crippen molar-refractivity contribution in [1.29, 1.82) is 0 Å². The molecule has 2 atom stereocenters. The minimum atomic E-state index is -2.15. The van der Waals surface area contributed by atoms with Crippen molar-refractivity contribution in [2.75, 3.05) is 14.2 Å². The Kier molecular flexibility index (Phi) is 7.53. The summed E-state index contributed by atoms with van der Waals surface area (Å²) in [6, 6.07) is 20.8. The molecule has 2 unspecified atom stereocenters. The van der Waals surface area contributed by atoms with Gasteiger partial charge in [-0.15, -0.1) is 0 Å². The molecule has 0 aliphatic rings. The summed E-state index contributed by atoms with van der Waals surface area (Å²) in [4.78, 5) is 38.3. The number of methoxy groups -OCH3 is 2. The lowest BCUT2D eigenvalue weighted by molar-refractivity contribution is -0.147. The van der Waals surface area contributed by atoms with E-state index in [1.807, 2.05) is 0 Å². The molecule has 8 nitrogen and oxygen atoms in total. The van der Waals surface area contributed by atoms with E-state index in [2.05, 4.69) is 5.32 Å². The molecule has 3 aromatic carbocycles. The van der Waals surface area contributed by atoms with Crippen molar-refractivity contribution in [2.24, 2.45) is 0 Å². The fourth-order valence-corrected chi connectivity index (χ4v) is 3.95. The van der Waals surface area contributed by atoms with Gasteiger partial charge in [-0.2, -0.15) is 0 Å². The number of carbonyl (C=O) groups is 3. The Morgan fingerprint density at radius 1 is 0.853 bits per heavy atom. The van der Waals surface area contributed by atoms with Crippen molar-refractivity contribution in [3.05, 3.63) is 95.6 Å². The number of hydrogen-bond acceptors (Lipinski definition) is 5. The maximum absolute atomic E-state index is 13.3. The Labute approximate surface area is 196 Å². The zero-order valence-electron chi connectivity index (χ0n) is 18.7. The van der Waals surface area contributed by atoms with Crippen LogP contribution in [0.15, 0.2) is 78.9 Å². The van der Waals surface area contributed by atoms with Crippen LogP contribution in [0.1, 0.15) is 33.8 Å². The smallest absolute Gasteiger partial charge is 0.334 e. The number of carboxylic acids is 2. The molecule has 0 saturated carbocycles. The highest BCUT2D eigenvalue weighted by atomic mass is 16.5. The summed E-state index contributed by atoms with van der Waals surface area (Å²) in [7, 11) is 2.88. The number of rotatable bonds is 10. The molecule has 3 rings (SSSR count). The third-order valence-electron chi connectivity index (χ3n) is 5.61. The maximum atomic E-state index is 13.3. The van der Waals surface area contributed by atoms with E-state index in [-0.39, 0.29) is 11.1 Å². The standard InChI is InChI=1S/C26H25NO7/c1-33-20-12-6-10-18(14-20)22(16-23(28)29)26(25(31)32,19-11-7-13-21(15-19)34-2)27-24(30)17-8-4-3-5-9-17/h3-15,22H,16H2,1-2H3,(H,27,30)(H,28,29)(H,31,32). The molecule has 3 N–H and O–H groups in total. The minimum Gasteiger partial charge on any atom is -0.497 e. The van der Waals surface area contributed by atoms with Crippen molar-refractivity contribution in [1.82, 2.24) is 5.32 Å². The number of amides is 1. The predicted molar refractivity (Wildman–Crippen MR) is 124 cm³/mol. The maximum Gasteiger partial charge on any atom is 0.334 e. The Morgan fingerprint density at radius 3 is 2.06 bits per heavy atom. The van der Waals surface area contributed by atoms with Crippen molar-refractivity contribution in [3.8, 4) is 11.5 Å². The number of nitrogens with one attached hydrogen (secondary N) is 1. The van der Waals surface area contributed by atoms with Gasteiger partial charge in [0.2, 0.25) is 0 Å². The highest BCUT2D eigenvalue weighted by Gasteiger charge is 2.51. The third-order valence-corrected chi connectivity index (χ3v) is 5.61. The first-order valence-electron chi connectivity index (χ1n) is 10.4. The second-order valence-electron chi connectivity index (χ2n) is 7.59. The minimum absolute atomic E-state index is 0.165. The number of ether oxygens (including phenoxy) is 2. The lowest BCUT2D eigenvalue weighted by Crippen LogP contribution is -2.56. The molecule has 0 fully saturated rings. The SMILES string of the molecule is COc1cccc(C(CC(=O)O)C(NC(=O)c2ccccc2)(C(=O)O)c2cccc(OC)c2)c1. The lowest BCUT2D eigenvalue weighted by Gasteiger charge is -2.38. The van der Waals surface area contributed by atoms with E-state index in [0.717, 1.165) is 0 Å². The molecule has 3 aromatic rings. The van der Waals surface area contributed by atoms with E-state index in [9.17, 15) is 24.6 Å². The molecule has 0 aliphatic heterocycles. The molecule has 0 aliphatic carbocycles. The van der Waals surface area contributed by atoms with Crippen LogP contribution in [-0.4, -0.2) is 42.3 Å². The highest BCUT2D eigenvalue weighted by Crippen LogP contribution is 2.42. The molecule has 1 amide bonds. The lowest BCUT2D eigenvalue weighted by atomic mass is 9.72. The van der Waals surface area contributed by atoms with E-state index in [1.54, 1.807) is 66.7 Å². The van der Waals surface area contributed by atoms with Gasteiger partial charge in [-0.25, -0.2) is 4.79 Å². The van der Waals surface area contributed by atoms with Crippen LogP contribution in [0.3, 0.4) is 0 Å². The number of aliphatic carboxylic acids is 2. The topological polar surface area (TPSA) is 122 Å². The summed E-state index contributed by atoms with van der Waals surface area (Å²) in [5.74, 6) is -3.72. The Morgan fingerprint density at radius 2 is 1.47 bits per heavy atom. The molecule has 176 valence electrons. The first-order valence-corrected chi connectivity index (χ1v) is 10.4. The van der Waals surface area contributed by atoms with Crippen LogP contribution >= 0.6 is 0 Å². The van der Waals surface area contributed by atoms with Gasteiger partial charge in [0, 0.05) is 11.5 Å². The van der Waals surface area contributed by atoms with Crippen LogP contribution in [0.25, 0.3) is 0 Å². The van der Waals surface area contributed by atoms with E-state index >= 15 is 0 Å². The second-order valence-corrected chi connectivity index (χ2v) is 7.59. The fourth-order valence-electron chi connectivity index (χ4n) is 3.95. The largest absolute Gasteiger partial charge is 0.497 e. The van der Waals surface area contributed by atoms with Gasteiger partial charge in [-0.05, 0) is 47.5 Å². The Balaban J connectivity index is 2.30. The van der Waals surface area contributed by atoms with Crippen molar-refractivity contribution < 1.29 is 34.1 Å². The molecule has 0 radical (unpaired) electrons. The van der Waals surface area contributed by atoms with Crippen LogP contribution in [0.2, 0.25) is 0 Å². The molecule has 0 aromatic heterocycles. The van der Waals surface area contributed by atoms with Gasteiger partial charge >= 0.3 is 11.9 Å². The first-order chi connectivity index (χ1) is 16.3. The quantitative estimate of drug-likeness (QED) is 0.419. The summed E-state index contributed by atoms with van der Waals surface area (Å²) < 4.78 is 10.6. The van der Waals surface area contributed by atoms with E-state index in [1.165, 1.54) is 26.4 Å². The van der Waals surface area contributed by atoms with Gasteiger partial charge < -0.3 is 25.0 Å². The van der Waals surface area contributed by atoms with Crippen LogP contribution in [0, 0.1) is 0 Å². The highest BCUT2D eigenvalue weighted by molar-refractivity contribution is 5.99. The van der Waals surface area contributed by atoms with Crippen molar-refractivity contribution >= 4 is 17.8 Å². The van der Waals surface area contributed by atoms with Gasteiger partial charge in [0.15, 0.2) is 5.54 Å². The van der Waals surface area contributed by atoms with E-state index < -0.39 is 35.7 Å². The number of carbonyl (C=O) groups excluding carboxylic acids is 1. The van der Waals surface area contributed by atoms with Gasteiger partial charge in [-0.1, -0.05) is 42.5 Å². The number of carboxylic acid groups (broad SMARTS) is 2. The van der Waals surface area contributed by atoms with E-state index in [0.29, 0.717) is 17.1 Å². The molecule has 0 bridgehead atoms. The average Bonchev–Trinajstić information content (AvgIpc) is 2.86. The summed E-state index contributed by atoms with van der Waals surface area (Å²) in [6.07, 6.45) is -0.578. The fraction of sp³-hybridized carbons (Fsp3) is 0.192. The van der Waals surface area contributed by atoms with Crippen LogP contribution in [-0.2, 0) is 15.1 Å². The van der Waals surface area contributed by atoms with Gasteiger partial charge in [0.25, 0.3) is 5.91 Å². The van der Waals surface area contributed by atoms with Gasteiger partial charge in [-0.3, -0.25) is 9.59 Å². The summed E-state index contributed by atoms with van der Waals surface area (Å²) >= 11 is 0. The summed E-state index contributed by atoms with van der Waals surface area (Å²) in [5.41, 5.74) is -1.37. The average molecular weight is 463 g/mol. The van der Waals surface area contributed by atoms with Crippen molar-refractivity contribution in [3.63, 3.8) is 0 Å². The zero-order valence-corrected chi connectivity index (χ0v) is 18.7. The number of hydrogen-bond donors (Lipinski definition) is 3. The van der Waals surface area contributed by atoms with Gasteiger partial charge in [0.1, 0.15) is 11.5 Å². The normalized spacial score (nSPS) is 13.2. The van der Waals surface area contributed by atoms with Gasteiger partial charge in [0.05, 0.1) is 20.6 Å². The summed E-state index contributed by atoms with van der Waals surface area (Å²) in [6.45, 7) is 0. The molecule has 0 spiro atoms. The second kappa shape index (κ2) is 10.5. The monoisotopic (exact) mass is 463 g/mol. The predicted octanol–water partition coefficient (Wildman–Crippen LogP) is 3.67. The molecule has 0 saturated heterocycles. The van der Waals surface area contributed by atoms with Crippen LogP contribution < -0.4 is 14.8 Å². The summed E-state index contributed by atoms with van der Waals surface area (Å²) in [5, 5.41) is 23.0. The number of benzene rings is 3. The molecule has 34 heavy (non-hydrogen) atoms. The Bertz CT molecular complexity index is 1180. The zero-order chi connectivity index (χ0) is 24.7. The molecular formula is C26H25NO7. The van der Waals surface area contributed by atoms with Crippen LogP contribution in [0.5, 0.6) is 11.5 Å². The van der Waals surface area contributed by atoms with Crippen molar-refractivity contribution in [2.45, 2.75) is 17.9 Å². The third kappa shape index (κ3) is 5.01. The first kappa shape index (κ1) is 24.3. The molecular weight excluding hydrogens is 438 g/mol. The molecule has 0 heterocycles. The van der Waals surface area contributed by atoms with Crippen LogP contribution in [0.4, 0.5) is 0 Å². The Hall–Kier alpha value is -4.33.